The minimum atomic E-state index is -3.78. The molecule has 22 heavy (non-hydrogen) atoms. The molecule has 6 nitrogen and oxygen atoms in total. The number of anilines is 1. The number of nitrogens with one attached hydrogen (secondary N) is 1. The third-order valence-electron chi connectivity index (χ3n) is 2.96. The predicted molar refractivity (Wildman–Crippen MR) is 84.8 cm³/mol. The lowest BCUT2D eigenvalue weighted by molar-refractivity contribution is 0.595. The molecule has 3 N–H and O–H groups in total. The second kappa shape index (κ2) is 6.47. The van der Waals surface area contributed by atoms with Crippen molar-refractivity contribution in [2.45, 2.75) is 9.79 Å². The number of sulfone groups is 1. The van der Waals surface area contributed by atoms with Gasteiger partial charge in [-0.2, -0.15) is 0 Å². The van der Waals surface area contributed by atoms with E-state index in [1.54, 1.807) is 24.3 Å². The number of rotatable bonds is 6. The van der Waals surface area contributed by atoms with E-state index in [9.17, 15) is 16.8 Å². The molecule has 2 aromatic carbocycles. The average molecular weight is 340 g/mol. The van der Waals surface area contributed by atoms with Crippen LogP contribution < -0.4 is 10.5 Å². The monoisotopic (exact) mass is 340 g/mol. The molecular weight excluding hydrogens is 324 g/mol. The van der Waals surface area contributed by atoms with Gasteiger partial charge in [0.2, 0.25) is 10.0 Å². The van der Waals surface area contributed by atoms with E-state index in [0.29, 0.717) is 5.69 Å². The van der Waals surface area contributed by atoms with Crippen molar-refractivity contribution in [3.63, 3.8) is 0 Å². The summed E-state index contributed by atoms with van der Waals surface area (Å²) in [5.74, 6) is -0.101. The lowest BCUT2D eigenvalue weighted by Gasteiger charge is -2.08. The van der Waals surface area contributed by atoms with E-state index in [-0.39, 0.29) is 22.1 Å². The largest absolute Gasteiger partial charge is 0.384 e. The van der Waals surface area contributed by atoms with Gasteiger partial charge in [-0.3, -0.25) is 0 Å². The summed E-state index contributed by atoms with van der Waals surface area (Å²) in [5.41, 5.74) is 0.495. The molecule has 0 heterocycles. The van der Waals surface area contributed by atoms with Gasteiger partial charge in [0.1, 0.15) is 0 Å². The smallest absolute Gasteiger partial charge is 0.238 e. The summed E-state index contributed by atoms with van der Waals surface area (Å²) in [5, 5.41) is 7.93. The third kappa shape index (κ3) is 4.30. The molecule has 0 atom stereocenters. The van der Waals surface area contributed by atoms with Crippen LogP contribution in [0.5, 0.6) is 0 Å². The van der Waals surface area contributed by atoms with E-state index in [4.69, 9.17) is 5.14 Å². The number of nitrogens with two attached hydrogens (primary N) is 1. The van der Waals surface area contributed by atoms with Gasteiger partial charge in [0.05, 0.1) is 15.5 Å². The molecule has 0 aliphatic carbocycles. The molecule has 2 aromatic rings. The first-order valence-corrected chi connectivity index (χ1v) is 9.63. The second-order valence-corrected chi connectivity index (χ2v) is 8.30. The Bertz CT molecular complexity index is 847. The normalized spacial score (nSPS) is 12.0. The van der Waals surface area contributed by atoms with Gasteiger partial charge in [0, 0.05) is 12.2 Å². The number of hydrogen-bond donors (Lipinski definition) is 2. The van der Waals surface area contributed by atoms with Crippen LogP contribution in [0.3, 0.4) is 0 Å². The highest BCUT2D eigenvalue weighted by atomic mass is 32.2. The highest BCUT2D eigenvalue weighted by Gasteiger charge is 2.13. The molecule has 0 radical (unpaired) electrons. The number of primary sulfonamides is 1. The Balaban J connectivity index is 2.03. The molecular formula is C14H16N2O4S2. The standard InChI is InChI=1S/C14H16N2O4S2/c15-22(19,20)14-8-4-5-12(11-14)16-9-10-21(17,18)13-6-2-1-3-7-13/h1-8,11,16H,9-10H2,(H2,15,19,20). The summed E-state index contributed by atoms with van der Waals surface area (Å²) in [6.45, 7) is 0.158. The Morgan fingerprint density at radius 3 is 2.14 bits per heavy atom. The van der Waals surface area contributed by atoms with E-state index in [1.165, 1.54) is 30.3 Å². The maximum absolute atomic E-state index is 12.1. The minimum Gasteiger partial charge on any atom is -0.384 e. The van der Waals surface area contributed by atoms with Gasteiger partial charge in [-0.25, -0.2) is 22.0 Å². The number of hydrogen-bond acceptors (Lipinski definition) is 5. The fourth-order valence-corrected chi connectivity index (χ4v) is 3.60. The second-order valence-electron chi connectivity index (χ2n) is 4.63. The van der Waals surface area contributed by atoms with Gasteiger partial charge in [0.25, 0.3) is 0 Å². The number of benzene rings is 2. The SMILES string of the molecule is NS(=O)(=O)c1cccc(NCCS(=O)(=O)c2ccccc2)c1. The van der Waals surface area contributed by atoms with E-state index in [2.05, 4.69) is 5.32 Å². The van der Waals surface area contributed by atoms with Crippen molar-refractivity contribution in [1.29, 1.82) is 0 Å². The molecule has 0 unspecified atom stereocenters. The van der Waals surface area contributed by atoms with Crippen molar-refractivity contribution < 1.29 is 16.8 Å². The maximum atomic E-state index is 12.1. The van der Waals surface area contributed by atoms with Gasteiger partial charge in [-0.05, 0) is 30.3 Å². The van der Waals surface area contributed by atoms with Gasteiger partial charge in [-0.1, -0.05) is 24.3 Å². The maximum Gasteiger partial charge on any atom is 0.238 e. The van der Waals surface area contributed by atoms with Crippen LogP contribution in [0.15, 0.2) is 64.4 Å². The van der Waals surface area contributed by atoms with Crippen molar-refractivity contribution in [2.75, 3.05) is 17.6 Å². The van der Waals surface area contributed by atoms with E-state index in [0.717, 1.165) is 0 Å². The topological polar surface area (TPSA) is 106 Å². The van der Waals surface area contributed by atoms with Crippen molar-refractivity contribution >= 4 is 25.5 Å². The van der Waals surface area contributed by atoms with Gasteiger partial charge in [0.15, 0.2) is 9.84 Å². The molecule has 0 fully saturated rings. The Hall–Kier alpha value is -1.90. The Morgan fingerprint density at radius 2 is 1.50 bits per heavy atom. The van der Waals surface area contributed by atoms with Crippen LogP contribution in [-0.2, 0) is 19.9 Å². The van der Waals surface area contributed by atoms with Gasteiger partial charge in [-0.15, -0.1) is 0 Å². The molecule has 0 amide bonds. The first-order valence-electron chi connectivity index (χ1n) is 6.43. The van der Waals surface area contributed by atoms with E-state index < -0.39 is 19.9 Å². The summed E-state index contributed by atoms with van der Waals surface area (Å²) < 4.78 is 46.7. The summed E-state index contributed by atoms with van der Waals surface area (Å²) in [6.07, 6.45) is 0. The van der Waals surface area contributed by atoms with Gasteiger partial charge < -0.3 is 5.32 Å². The molecule has 0 bridgehead atoms. The van der Waals surface area contributed by atoms with Crippen LogP contribution in [0.4, 0.5) is 5.69 Å². The molecule has 0 saturated carbocycles. The van der Waals surface area contributed by atoms with Crippen molar-refractivity contribution in [2.24, 2.45) is 5.14 Å². The van der Waals surface area contributed by atoms with Crippen molar-refractivity contribution in [3.05, 3.63) is 54.6 Å². The molecule has 0 aromatic heterocycles. The highest BCUT2D eigenvalue weighted by Crippen LogP contribution is 2.15. The molecule has 8 heteroatoms. The summed E-state index contributed by atoms with van der Waals surface area (Å²) in [7, 11) is -7.15. The Morgan fingerprint density at radius 1 is 0.864 bits per heavy atom. The quantitative estimate of drug-likeness (QED) is 0.822. The summed E-state index contributed by atoms with van der Waals surface area (Å²) >= 11 is 0. The molecule has 0 aliphatic rings. The zero-order valence-electron chi connectivity index (χ0n) is 11.6. The Kier molecular flexibility index (Phi) is 4.84. The predicted octanol–water partition coefficient (Wildman–Crippen LogP) is 1.22. The average Bonchev–Trinajstić information content (AvgIpc) is 2.47. The van der Waals surface area contributed by atoms with Crippen molar-refractivity contribution in [3.8, 4) is 0 Å². The van der Waals surface area contributed by atoms with Gasteiger partial charge >= 0.3 is 0 Å². The van der Waals surface area contributed by atoms with Crippen LogP contribution in [0.1, 0.15) is 0 Å². The first kappa shape index (κ1) is 16.5. The van der Waals surface area contributed by atoms with Crippen LogP contribution in [0.2, 0.25) is 0 Å². The first-order chi connectivity index (χ1) is 10.3. The fourth-order valence-electron chi connectivity index (χ4n) is 1.86. The zero-order chi connectivity index (χ0) is 16.2. The number of sulfonamides is 1. The molecule has 0 saturated heterocycles. The lowest BCUT2D eigenvalue weighted by atomic mass is 10.3. The Labute approximate surface area is 129 Å². The van der Waals surface area contributed by atoms with Crippen molar-refractivity contribution in [1.82, 2.24) is 0 Å². The summed E-state index contributed by atoms with van der Waals surface area (Å²) in [4.78, 5) is 0.235. The van der Waals surface area contributed by atoms with E-state index in [1.807, 2.05) is 0 Å². The zero-order valence-corrected chi connectivity index (χ0v) is 13.3. The lowest BCUT2D eigenvalue weighted by Crippen LogP contribution is -2.16. The minimum absolute atomic E-state index is 0.0246. The molecule has 118 valence electrons. The summed E-state index contributed by atoms with van der Waals surface area (Å²) in [6, 6.07) is 14.1. The van der Waals surface area contributed by atoms with Crippen LogP contribution in [0, 0.1) is 0 Å². The van der Waals surface area contributed by atoms with Crippen LogP contribution >= 0.6 is 0 Å². The van der Waals surface area contributed by atoms with Crippen LogP contribution in [-0.4, -0.2) is 29.1 Å². The van der Waals surface area contributed by atoms with E-state index >= 15 is 0 Å². The highest BCUT2D eigenvalue weighted by molar-refractivity contribution is 7.91. The van der Waals surface area contributed by atoms with Crippen LogP contribution in [0.25, 0.3) is 0 Å². The molecule has 0 aliphatic heterocycles. The fraction of sp³-hybridized carbons (Fsp3) is 0.143. The molecule has 2 rings (SSSR count). The third-order valence-corrected chi connectivity index (χ3v) is 5.61. The molecule has 0 spiro atoms.